The number of nitrogens with one attached hydrogen (secondary N) is 1. The van der Waals surface area contributed by atoms with Gasteiger partial charge in [-0.1, -0.05) is 26.2 Å². The lowest BCUT2D eigenvalue weighted by molar-refractivity contribution is 0.224. The van der Waals surface area contributed by atoms with Gasteiger partial charge in [-0.05, 0) is 58.7 Å². The molecule has 110 valence electrons. The Balaban J connectivity index is 2.22. The van der Waals surface area contributed by atoms with Crippen LogP contribution in [0.1, 0.15) is 58.3 Å². The Bertz CT molecular complexity index is 272. The van der Waals surface area contributed by atoms with Crippen LogP contribution in [-0.4, -0.2) is 37.6 Å². The highest BCUT2D eigenvalue weighted by molar-refractivity contribution is 5.05. The van der Waals surface area contributed by atoms with Gasteiger partial charge >= 0.3 is 0 Å². The Morgan fingerprint density at radius 1 is 1.32 bits per heavy atom. The molecule has 1 saturated carbocycles. The van der Waals surface area contributed by atoms with Gasteiger partial charge in [0, 0.05) is 6.54 Å². The van der Waals surface area contributed by atoms with Gasteiger partial charge in [-0.3, -0.25) is 0 Å². The molecule has 1 aliphatic carbocycles. The van der Waals surface area contributed by atoms with Crippen LogP contribution < -0.4 is 5.32 Å². The quantitative estimate of drug-likeness (QED) is 0.732. The van der Waals surface area contributed by atoms with Crippen molar-refractivity contribution in [2.75, 3.05) is 27.2 Å². The van der Waals surface area contributed by atoms with Gasteiger partial charge in [-0.25, -0.2) is 0 Å². The maximum atomic E-state index is 9.28. The Morgan fingerprint density at radius 3 is 2.53 bits per heavy atom. The van der Waals surface area contributed by atoms with Gasteiger partial charge in [0.05, 0.1) is 6.07 Å². The van der Waals surface area contributed by atoms with E-state index < -0.39 is 0 Å². The Morgan fingerprint density at radius 2 is 2.00 bits per heavy atom. The van der Waals surface area contributed by atoms with E-state index in [-0.39, 0.29) is 5.54 Å². The van der Waals surface area contributed by atoms with Crippen LogP contribution in [0.3, 0.4) is 0 Å². The molecule has 1 rings (SSSR count). The van der Waals surface area contributed by atoms with E-state index in [1.165, 1.54) is 38.6 Å². The van der Waals surface area contributed by atoms with Crippen molar-refractivity contribution in [2.45, 2.75) is 63.8 Å². The monoisotopic (exact) mass is 265 g/mol. The summed E-state index contributed by atoms with van der Waals surface area (Å²) in [6.07, 6.45) is 10.0. The first kappa shape index (κ1) is 16.5. The SMILES string of the molecule is CCC(C#N)(CCCN(C)CC1CCCCC1)NC. The molecule has 0 heterocycles. The van der Waals surface area contributed by atoms with E-state index >= 15 is 0 Å². The van der Waals surface area contributed by atoms with Gasteiger partial charge in [0.25, 0.3) is 0 Å². The van der Waals surface area contributed by atoms with Crippen LogP contribution >= 0.6 is 0 Å². The van der Waals surface area contributed by atoms with E-state index in [1.54, 1.807) is 0 Å². The topological polar surface area (TPSA) is 39.1 Å². The molecule has 0 amide bonds. The summed E-state index contributed by atoms with van der Waals surface area (Å²) in [4.78, 5) is 2.46. The summed E-state index contributed by atoms with van der Waals surface area (Å²) >= 11 is 0. The second kappa shape index (κ2) is 8.55. The zero-order valence-electron chi connectivity index (χ0n) is 13.0. The molecule has 0 aromatic rings. The molecule has 0 bridgehead atoms. The van der Waals surface area contributed by atoms with Crippen molar-refractivity contribution in [3.8, 4) is 6.07 Å². The molecule has 0 spiro atoms. The van der Waals surface area contributed by atoms with Crippen molar-refractivity contribution in [3.63, 3.8) is 0 Å². The fourth-order valence-electron chi connectivity index (χ4n) is 3.22. The van der Waals surface area contributed by atoms with Crippen LogP contribution in [0.25, 0.3) is 0 Å². The van der Waals surface area contributed by atoms with Crippen molar-refractivity contribution in [1.29, 1.82) is 5.26 Å². The molecule has 0 aliphatic heterocycles. The number of hydrogen-bond donors (Lipinski definition) is 1. The molecular formula is C16H31N3. The summed E-state index contributed by atoms with van der Waals surface area (Å²) in [7, 11) is 4.13. The maximum absolute atomic E-state index is 9.28. The molecule has 1 aliphatic rings. The zero-order valence-corrected chi connectivity index (χ0v) is 13.0. The third-order valence-corrected chi connectivity index (χ3v) is 4.73. The molecule has 1 atom stereocenters. The molecule has 0 saturated heterocycles. The molecule has 0 aromatic carbocycles. The molecule has 1 N–H and O–H groups in total. The van der Waals surface area contributed by atoms with Crippen LogP contribution in [0.4, 0.5) is 0 Å². The van der Waals surface area contributed by atoms with Gasteiger partial charge < -0.3 is 10.2 Å². The fraction of sp³-hybridized carbons (Fsp3) is 0.938. The third kappa shape index (κ3) is 5.50. The number of nitriles is 1. The van der Waals surface area contributed by atoms with E-state index in [0.717, 1.165) is 31.7 Å². The lowest BCUT2D eigenvalue weighted by Crippen LogP contribution is -2.41. The van der Waals surface area contributed by atoms with Gasteiger partial charge in [0.2, 0.25) is 0 Å². The minimum absolute atomic E-state index is 0.314. The minimum Gasteiger partial charge on any atom is -0.306 e. The van der Waals surface area contributed by atoms with E-state index in [4.69, 9.17) is 0 Å². The Kier molecular flexibility index (Phi) is 7.41. The standard InChI is InChI=1S/C16H31N3/c1-4-16(14-17,18-2)11-8-12-19(3)13-15-9-6-5-7-10-15/h15,18H,4-13H2,1-3H3. The number of nitrogens with zero attached hydrogens (tertiary/aromatic N) is 2. The smallest absolute Gasteiger partial charge is 0.106 e. The lowest BCUT2D eigenvalue weighted by Gasteiger charge is -2.29. The van der Waals surface area contributed by atoms with E-state index in [0.29, 0.717) is 0 Å². The van der Waals surface area contributed by atoms with Crippen LogP contribution in [0, 0.1) is 17.2 Å². The summed E-state index contributed by atoms with van der Waals surface area (Å²) in [5.74, 6) is 0.912. The first-order valence-corrected chi connectivity index (χ1v) is 7.94. The second-order valence-corrected chi connectivity index (χ2v) is 6.17. The molecule has 0 aromatic heterocycles. The summed E-state index contributed by atoms with van der Waals surface area (Å²) < 4.78 is 0. The third-order valence-electron chi connectivity index (χ3n) is 4.73. The predicted octanol–water partition coefficient (Wildman–Crippen LogP) is 3.17. The Labute approximate surface area is 119 Å². The normalized spacial score (nSPS) is 20.2. The summed E-state index contributed by atoms with van der Waals surface area (Å²) in [6, 6.07) is 2.44. The number of rotatable bonds is 8. The van der Waals surface area contributed by atoms with E-state index in [1.807, 2.05) is 7.05 Å². The number of hydrogen-bond acceptors (Lipinski definition) is 3. The molecule has 3 nitrogen and oxygen atoms in total. The summed E-state index contributed by atoms with van der Waals surface area (Å²) in [6.45, 7) is 4.44. The van der Waals surface area contributed by atoms with Crippen LogP contribution in [0.5, 0.6) is 0 Å². The Hall–Kier alpha value is -0.590. The second-order valence-electron chi connectivity index (χ2n) is 6.17. The predicted molar refractivity (Wildman–Crippen MR) is 81.0 cm³/mol. The van der Waals surface area contributed by atoms with E-state index in [9.17, 15) is 5.26 Å². The highest BCUT2D eigenvalue weighted by atomic mass is 15.1. The molecule has 1 fully saturated rings. The lowest BCUT2D eigenvalue weighted by atomic mass is 9.88. The summed E-state index contributed by atoms with van der Waals surface area (Å²) in [5, 5.41) is 12.5. The minimum atomic E-state index is -0.314. The van der Waals surface area contributed by atoms with Gasteiger partial charge in [-0.15, -0.1) is 0 Å². The van der Waals surface area contributed by atoms with Crippen molar-refractivity contribution >= 4 is 0 Å². The maximum Gasteiger partial charge on any atom is 0.106 e. The fourth-order valence-corrected chi connectivity index (χ4v) is 3.22. The first-order valence-electron chi connectivity index (χ1n) is 7.94. The first-order chi connectivity index (χ1) is 9.15. The molecule has 3 heteroatoms. The van der Waals surface area contributed by atoms with Crippen molar-refractivity contribution in [3.05, 3.63) is 0 Å². The van der Waals surface area contributed by atoms with E-state index in [2.05, 4.69) is 30.3 Å². The molecule has 1 unspecified atom stereocenters. The average Bonchev–Trinajstić information content (AvgIpc) is 2.45. The van der Waals surface area contributed by atoms with Gasteiger partial charge in [0.1, 0.15) is 5.54 Å². The van der Waals surface area contributed by atoms with Crippen molar-refractivity contribution in [1.82, 2.24) is 10.2 Å². The molecule has 0 radical (unpaired) electrons. The largest absolute Gasteiger partial charge is 0.306 e. The van der Waals surface area contributed by atoms with Crippen molar-refractivity contribution < 1.29 is 0 Å². The van der Waals surface area contributed by atoms with Gasteiger partial charge in [-0.2, -0.15) is 5.26 Å². The van der Waals surface area contributed by atoms with Gasteiger partial charge in [0.15, 0.2) is 0 Å². The zero-order chi connectivity index (χ0) is 14.1. The van der Waals surface area contributed by atoms with Crippen LogP contribution in [-0.2, 0) is 0 Å². The average molecular weight is 265 g/mol. The molecule has 19 heavy (non-hydrogen) atoms. The van der Waals surface area contributed by atoms with Crippen LogP contribution in [0.15, 0.2) is 0 Å². The highest BCUT2D eigenvalue weighted by Gasteiger charge is 2.25. The molecular weight excluding hydrogens is 234 g/mol. The van der Waals surface area contributed by atoms with Crippen molar-refractivity contribution in [2.24, 2.45) is 5.92 Å². The summed E-state index contributed by atoms with van der Waals surface area (Å²) in [5.41, 5.74) is -0.314. The van der Waals surface area contributed by atoms with Crippen LogP contribution in [0.2, 0.25) is 0 Å². The highest BCUT2D eigenvalue weighted by Crippen LogP contribution is 2.24.